The number of nitrogens with one attached hydrogen (secondary N) is 1. The third kappa shape index (κ3) is 3.64. The Kier molecular flexibility index (Phi) is 4.77. The van der Waals surface area contributed by atoms with Gasteiger partial charge in [0.15, 0.2) is 5.76 Å². The van der Waals surface area contributed by atoms with Crippen LogP contribution in [-0.2, 0) is 6.42 Å². The number of aryl methyl sites for hydroxylation is 1. The van der Waals surface area contributed by atoms with E-state index in [1.54, 1.807) is 0 Å². The summed E-state index contributed by atoms with van der Waals surface area (Å²) in [6.07, 6.45) is 0.441. The molecule has 0 aliphatic rings. The van der Waals surface area contributed by atoms with Crippen LogP contribution in [0.25, 0.3) is 22.4 Å². The maximum atomic E-state index is 12.5. The second kappa shape index (κ2) is 7.36. The molecule has 7 heteroatoms. The number of carbonyl (C=O) groups is 1. The second-order valence-electron chi connectivity index (χ2n) is 6.08. The fourth-order valence-corrected chi connectivity index (χ4v) is 3.19. The van der Waals surface area contributed by atoms with Gasteiger partial charge in [0.25, 0.3) is 5.91 Å². The summed E-state index contributed by atoms with van der Waals surface area (Å²) >= 11 is 3.43. The van der Waals surface area contributed by atoms with Crippen molar-refractivity contribution >= 4 is 32.8 Å². The monoisotopic (exact) mass is 425 g/mol. The van der Waals surface area contributed by atoms with E-state index in [1.807, 2.05) is 55.5 Å². The molecule has 6 nitrogen and oxygen atoms in total. The molecule has 27 heavy (non-hydrogen) atoms. The minimum absolute atomic E-state index is 0.261. The number of benzene rings is 2. The summed E-state index contributed by atoms with van der Waals surface area (Å²) in [5.74, 6) is 1.07. The van der Waals surface area contributed by atoms with Crippen molar-refractivity contribution in [2.75, 3.05) is 6.54 Å². The van der Waals surface area contributed by atoms with Gasteiger partial charge in [0, 0.05) is 34.0 Å². The minimum Gasteiger partial charge on any atom is -0.451 e. The number of fused-ring (bicyclic) bond motifs is 1. The first-order valence-corrected chi connectivity index (χ1v) is 9.26. The second-order valence-corrected chi connectivity index (χ2v) is 7.00. The van der Waals surface area contributed by atoms with E-state index in [0.29, 0.717) is 36.0 Å². The van der Waals surface area contributed by atoms with Crippen molar-refractivity contribution in [3.63, 3.8) is 0 Å². The molecule has 0 unspecified atom stereocenters. The molecule has 0 radical (unpaired) electrons. The van der Waals surface area contributed by atoms with Gasteiger partial charge in [0.1, 0.15) is 5.58 Å². The molecule has 136 valence electrons. The zero-order chi connectivity index (χ0) is 18.8. The molecule has 0 aliphatic carbocycles. The summed E-state index contributed by atoms with van der Waals surface area (Å²) in [5, 5.41) is 7.73. The molecule has 2 aromatic carbocycles. The van der Waals surface area contributed by atoms with Gasteiger partial charge < -0.3 is 14.3 Å². The zero-order valence-corrected chi connectivity index (χ0v) is 16.1. The molecule has 0 aliphatic heterocycles. The van der Waals surface area contributed by atoms with Gasteiger partial charge in [-0.2, -0.15) is 4.98 Å². The van der Waals surface area contributed by atoms with Gasteiger partial charge in [0.2, 0.25) is 11.7 Å². The summed E-state index contributed by atoms with van der Waals surface area (Å²) in [6.45, 7) is 2.24. The van der Waals surface area contributed by atoms with Gasteiger partial charge in [-0.25, -0.2) is 0 Å². The number of hydrogen-bond donors (Lipinski definition) is 1. The highest BCUT2D eigenvalue weighted by atomic mass is 79.9. The molecule has 0 bridgehead atoms. The topological polar surface area (TPSA) is 81.2 Å². The van der Waals surface area contributed by atoms with E-state index < -0.39 is 0 Å². The molecule has 0 atom stereocenters. The highest BCUT2D eigenvalue weighted by molar-refractivity contribution is 9.10. The predicted octanol–water partition coefficient (Wildman–Crippen LogP) is 4.53. The van der Waals surface area contributed by atoms with E-state index in [0.717, 1.165) is 21.0 Å². The van der Waals surface area contributed by atoms with E-state index in [9.17, 15) is 4.79 Å². The van der Waals surface area contributed by atoms with Gasteiger partial charge in [-0.15, -0.1) is 0 Å². The molecular formula is C20H16BrN3O3. The Morgan fingerprint density at radius 3 is 2.81 bits per heavy atom. The van der Waals surface area contributed by atoms with Crippen LogP contribution in [0.5, 0.6) is 0 Å². The Balaban J connectivity index is 1.40. The summed E-state index contributed by atoms with van der Waals surface area (Å²) in [4.78, 5) is 16.8. The normalized spacial score (nSPS) is 11.0. The van der Waals surface area contributed by atoms with Gasteiger partial charge in [-0.05, 0) is 25.1 Å². The number of amides is 1. The van der Waals surface area contributed by atoms with E-state index in [2.05, 4.69) is 31.4 Å². The van der Waals surface area contributed by atoms with E-state index in [-0.39, 0.29) is 5.91 Å². The number of rotatable bonds is 5. The summed E-state index contributed by atoms with van der Waals surface area (Å²) in [7, 11) is 0. The fraction of sp³-hybridized carbons (Fsp3) is 0.150. The maximum absolute atomic E-state index is 12.5. The smallest absolute Gasteiger partial charge is 0.287 e. The summed E-state index contributed by atoms with van der Waals surface area (Å²) in [5.41, 5.74) is 2.39. The molecule has 1 N–H and O–H groups in total. The van der Waals surface area contributed by atoms with Crippen LogP contribution in [0.2, 0.25) is 0 Å². The number of aromatic nitrogens is 2. The number of carbonyl (C=O) groups excluding carboxylic acids is 1. The lowest BCUT2D eigenvalue weighted by atomic mass is 10.1. The number of halogens is 1. The van der Waals surface area contributed by atoms with Crippen molar-refractivity contribution in [3.8, 4) is 11.4 Å². The molecule has 4 aromatic rings. The quantitative estimate of drug-likeness (QED) is 0.507. The van der Waals surface area contributed by atoms with Crippen LogP contribution < -0.4 is 5.32 Å². The summed E-state index contributed by atoms with van der Waals surface area (Å²) < 4.78 is 11.9. The molecular weight excluding hydrogens is 410 g/mol. The van der Waals surface area contributed by atoms with Crippen molar-refractivity contribution < 1.29 is 13.7 Å². The molecule has 1 amide bonds. The van der Waals surface area contributed by atoms with Gasteiger partial charge in [-0.1, -0.05) is 51.4 Å². The molecule has 2 heterocycles. The highest BCUT2D eigenvalue weighted by Gasteiger charge is 2.18. The van der Waals surface area contributed by atoms with Crippen molar-refractivity contribution in [1.29, 1.82) is 0 Å². The number of nitrogens with zero attached hydrogens (tertiary/aromatic N) is 2. The van der Waals surface area contributed by atoms with Gasteiger partial charge in [0.05, 0.1) is 0 Å². The maximum Gasteiger partial charge on any atom is 0.287 e. The Morgan fingerprint density at radius 1 is 1.19 bits per heavy atom. The lowest BCUT2D eigenvalue weighted by molar-refractivity contribution is 0.0927. The average Bonchev–Trinajstić information content (AvgIpc) is 3.28. The zero-order valence-electron chi connectivity index (χ0n) is 14.5. The molecule has 2 aromatic heterocycles. The van der Waals surface area contributed by atoms with Crippen LogP contribution in [0.15, 0.2) is 61.9 Å². The lowest BCUT2D eigenvalue weighted by Gasteiger charge is -2.01. The van der Waals surface area contributed by atoms with Crippen molar-refractivity contribution in [2.45, 2.75) is 13.3 Å². The van der Waals surface area contributed by atoms with Crippen LogP contribution in [0, 0.1) is 6.92 Å². The first kappa shape index (κ1) is 17.5. The number of furan rings is 1. The SMILES string of the molecule is Cc1c(C(=O)NCCc2nc(-c3ccccc3)no2)oc2ccc(Br)cc12. The highest BCUT2D eigenvalue weighted by Crippen LogP contribution is 2.28. The molecule has 0 spiro atoms. The molecule has 0 saturated carbocycles. The standard InChI is InChI=1S/C20H16BrN3O3/c1-12-15-11-14(21)7-8-16(15)26-18(12)20(25)22-10-9-17-23-19(24-27-17)13-5-3-2-4-6-13/h2-8,11H,9-10H2,1H3,(H,22,25). The van der Waals surface area contributed by atoms with Crippen molar-refractivity contribution in [3.05, 3.63) is 70.2 Å². The van der Waals surface area contributed by atoms with Crippen LogP contribution in [-0.4, -0.2) is 22.6 Å². The van der Waals surface area contributed by atoms with Gasteiger partial charge in [-0.3, -0.25) is 4.79 Å². The third-order valence-electron chi connectivity index (χ3n) is 4.23. The number of hydrogen-bond acceptors (Lipinski definition) is 5. The lowest BCUT2D eigenvalue weighted by Crippen LogP contribution is -2.25. The first-order valence-electron chi connectivity index (χ1n) is 8.46. The summed E-state index contributed by atoms with van der Waals surface area (Å²) in [6, 6.07) is 15.3. The van der Waals surface area contributed by atoms with Crippen molar-refractivity contribution in [2.24, 2.45) is 0 Å². The Hall–Kier alpha value is -2.93. The van der Waals surface area contributed by atoms with E-state index in [4.69, 9.17) is 8.94 Å². The van der Waals surface area contributed by atoms with Crippen LogP contribution in [0.4, 0.5) is 0 Å². The third-order valence-corrected chi connectivity index (χ3v) is 4.72. The molecule has 0 fully saturated rings. The fourth-order valence-electron chi connectivity index (χ4n) is 2.83. The van der Waals surface area contributed by atoms with Crippen LogP contribution in [0.1, 0.15) is 22.0 Å². The molecule has 0 saturated heterocycles. The van der Waals surface area contributed by atoms with Gasteiger partial charge >= 0.3 is 0 Å². The minimum atomic E-state index is -0.261. The predicted molar refractivity (Wildman–Crippen MR) is 104 cm³/mol. The first-order chi connectivity index (χ1) is 13.1. The van der Waals surface area contributed by atoms with Crippen LogP contribution in [0.3, 0.4) is 0 Å². The Morgan fingerprint density at radius 2 is 2.00 bits per heavy atom. The molecule has 4 rings (SSSR count). The van der Waals surface area contributed by atoms with E-state index >= 15 is 0 Å². The van der Waals surface area contributed by atoms with Crippen molar-refractivity contribution in [1.82, 2.24) is 15.5 Å². The largest absolute Gasteiger partial charge is 0.451 e. The Bertz CT molecular complexity index is 1100. The van der Waals surface area contributed by atoms with Crippen LogP contribution >= 0.6 is 15.9 Å². The van der Waals surface area contributed by atoms with E-state index in [1.165, 1.54) is 0 Å². The average molecular weight is 426 g/mol. The Labute approximate surface area is 163 Å².